The molecule has 0 spiro atoms. The van der Waals surface area contributed by atoms with E-state index >= 15 is 0 Å². The van der Waals surface area contributed by atoms with E-state index in [2.05, 4.69) is 10.0 Å². The van der Waals surface area contributed by atoms with E-state index in [1.807, 2.05) is 0 Å². The molecule has 0 aromatic heterocycles. The van der Waals surface area contributed by atoms with Crippen LogP contribution in [-0.4, -0.2) is 44.4 Å². The first-order chi connectivity index (χ1) is 8.67. The second kappa shape index (κ2) is 5.07. The molecule has 2 aliphatic heterocycles. The molecule has 1 saturated carbocycles. The Hall–Kier alpha value is -0.170. The SMILES string of the molecule is O=S(=O)(NC1CC1)N1CCCC1C1CCCNC1. The van der Waals surface area contributed by atoms with Gasteiger partial charge in [0.1, 0.15) is 0 Å². The van der Waals surface area contributed by atoms with Crippen LogP contribution in [-0.2, 0) is 10.2 Å². The van der Waals surface area contributed by atoms with E-state index in [4.69, 9.17) is 0 Å². The number of nitrogens with zero attached hydrogens (tertiary/aromatic N) is 1. The van der Waals surface area contributed by atoms with Gasteiger partial charge in [-0.3, -0.25) is 0 Å². The molecule has 0 bridgehead atoms. The Morgan fingerprint density at radius 3 is 2.61 bits per heavy atom. The molecule has 2 N–H and O–H groups in total. The lowest BCUT2D eigenvalue weighted by Crippen LogP contribution is -2.49. The van der Waals surface area contributed by atoms with E-state index in [1.165, 1.54) is 6.42 Å². The average molecular weight is 273 g/mol. The summed E-state index contributed by atoms with van der Waals surface area (Å²) in [5, 5.41) is 3.39. The maximum absolute atomic E-state index is 12.3. The zero-order valence-electron chi connectivity index (χ0n) is 10.8. The average Bonchev–Trinajstić information content (AvgIpc) is 3.01. The quantitative estimate of drug-likeness (QED) is 0.782. The van der Waals surface area contributed by atoms with Gasteiger partial charge >= 0.3 is 0 Å². The number of piperidine rings is 1. The van der Waals surface area contributed by atoms with Crippen molar-refractivity contribution in [2.24, 2.45) is 5.92 Å². The van der Waals surface area contributed by atoms with Crippen LogP contribution in [0.1, 0.15) is 38.5 Å². The fourth-order valence-corrected chi connectivity index (χ4v) is 5.02. The highest BCUT2D eigenvalue weighted by atomic mass is 32.2. The van der Waals surface area contributed by atoms with Gasteiger partial charge < -0.3 is 5.32 Å². The van der Waals surface area contributed by atoms with E-state index < -0.39 is 10.2 Å². The zero-order valence-corrected chi connectivity index (χ0v) is 11.6. The van der Waals surface area contributed by atoms with Crippen molar-refractivity contribution >= 4 is 10.2 Å². The zero-order chi connectivity index (χ0) is 12.6. The van der Waals surface area contributed by atoms with Gasteiger partial charge in [-0.25, -0.2) is 0 Å². The van der Waals surface area contributed by atoms with Gasteiger partial charge in [0.25, 0.3) is 10.2 Å². The van der Waals surface area contributed by atoms with E-state index in [0.717, 1.165) is 45.2 Å². The number of hydrogen-bond acceptors (Lipinski definition) is 3. The van der Waals surface area contributed by atoms with E-state index in [9.17, 15) is 8.42 Å². The van der Waals surface area contributed by atoms with Crippen molar-refractivity contribution in [1.29, 1.82) is 0 Å². The van der Waals surface area contributed by atoms with Crippen LogP contribution in [0.25, 0.3) is 0 Å². The summed E-state index contributed by atoms with van der Waals surface area (Å²) in [4.78, 5) is 0. The van der Waals surface area contributed by atoms with Gasteiger partial charge in [-0.2, -0.15) is 17.4 Å². The molecule has 0 radical (unpaired) electrons. The number of hydrogen-bond donors (Lipinski definition) is 2. The minimum Gasteiger partial charge on any atom is -0.316 e. The van der Waals surface area contributed by atoms with Crippen molar-refractivity contribution < 1.29 is 8.42 Å². The van der Waals surface area contributed by atoms with Crippen molar-refractivity contribution in [3.8, 4) is 0 Å². The molecule has 2 unspecified atom stereocenters. The molecule has 1 aliphatic carbocycles. The summed E-state index contributed by atoms with van der Waals surface area (Å²) < 4.78 is 29.2. The van der Waals surface area contributed by atoms with Gasteiger partial charge in [0.15, 0.2) is 0 Å². The molecule has 104 valence electrons. The maximum Gasteiger partial charge on any atom is 0.279 e. The summed E-state index contributed by atoms with van der Waals surface area (Å²) in [5.74, 6) is 0.497. The van der Waals surface area contributed by atoms with E-state index in [1.54, 1.807) is 4.31 Å². The first-order valence-corrected chi connectivity index (χ1v) is 8.60. The molecule has 3 fully saturated rings. The topological polar surface area (TPSA) is 61.4 Å². The van der Waals surface area contributed by atoms with Crippen molar-refractivity contribution in [3.63, 3.8) is 0 Å². The van der Waals surface area contributed by atoms with Crippen LogP contribution in [0.3, 0.4) is 0 Å². The van der Waals surface area contributed by atoms with E-state index in [0.29, 0.717) is 12.5 Å². The van der Waals surface area contributed by atoms with Crippen molar-refractivity contribution in [2.75, 3.05) is 19.6 Å². The van der Waals surface area contributed by atoms with Gasteiger partial charge in [-0.05, 0) is 57.5 Å². The van der Waals surface area contributed by atoms with Crippen molar-refractivity contribution in [2.45, 2.75) is 50.6 Å². The lowest BCUT2D eigenvalue weighted by molar-refractivity contribution is 0.237. The third-order valence-corrected chi connectivity index (χ3v) is 6.03. The van der Waals surface area contributed by atoms with Gasteiger partial charge in [0.2, 0.25) is 0 Å². The Balaban J connectivity index is 1.69. The fourth-order valence-electron chi connectivity index (χ4n) is 3.22. The lowest BCUT2D eigenvalue weighted by atomic mass is 9.91. The van der Waals surface area contributed by atoms with Gasteiger partial charge in [0.05, 0.1) is 0 Å². The summed E-state index contributed by atoms with van der Waals surface area (Å²) in [5.41, 5.74) is 0. The highest BCUT2D eigenvalue weighted by molar-refractivity contribution is 7.87. The van der Waals surface area contributed by atoms with Gasteiger partial charge in [-0.1, -0.05) is 0 Å². The van der Waals surface area contributed by atoms with Crippen LogP contribution in [0, 0.1) is 5.92 Å². The van der Waals surface area contributed by atoms with Crippen LogP contribution in [0.4, 0.5) is 0 Å². The minimum atomic E-state index is -3.24. The summed E-state index contributed by atoms with van der Waals surface area (Å²) in [6.07, 6.45) is 6.37. The van der Waals surface area contributed by atoms with Crippen LogP contribution in [0.5, 0.6) is 0 Å². The van der Waals surface area contributed by atoms with Crippen LogP contribution in [0.15, 0.2) is 0 Å². The molecule has 6 heteroatoms. The third kappa shape index (κ3) is 2.71. The van der Waals surface area contributed by atoms with Crippen LogP contribution < -0.4 is 10.0 Å². The molecule has 18 heavy (non-hydrogen) atoms. The normalized spacial score (nSPS) is 34.9. The van der Waals surface area contributed by atoms with Crippen molar-refractivity contribution in [1.82, 2.24) is 14.3 Å². The smallest absolute Gasteiger partial charge is 0.279 e. The Kier molecular flexibility index (Phi) is 3.62. The maximum atomic E-state index is 12.3. The summed E-state index contributed by atoms with van der Waals surface area (Å²) >= 11 is 0. The first-order valence-electron chi connectivity index (χ1n) is 7.16. The third-order valence-electron chi connectivity index (χ3n) is 4.33. The first kappa shape index (κ1) is 12.8. The highest BCUT2D eigenvalue weighted by Gasteiger charge is 2.40. The molecule has 2 heterocycles. The molecule has 3 rings (SSSR count). The Bertz CT molecular complexity index is 388. The molecule has 3 aliphatic rings. The van der Waals surface area contributed by atoms with Crippen LogP contribution >= 0.6 is 0 Å². The molecular weight excluding hydrogens is 250 g/mol. The molecule has 0 aromatic carbocycles. The van der Waals surface area contributed by atoms with Gasteiger partial charge in [0, 0.05) is 18.6 Å². The Morgan fingerprint density at radius 2 is 1.94 bits per heavy atom. The standard InChI is InChI=1S/C12H23N3O2S/c16-18(17,14-11-5-6-11)15-8-2-4-12(15)10-3-1-7-13-9-10/h10-14H,1-9H2. The lowest BCUT2D eigenvalue weighted by Gasteiger charge is -2.33. The summed E-state index contributed by atoms with van der Waals surface area (Å²) in [6, 6.07) is 0.426. The summed E-state index contributed by atoms with van der Waals surface area (Å²) in [7, 11) is -3.24. The molecular formula is C12H23N3O2S. The van der Waals surface area contributed by atoms with Crippen LogP contribution in [0.2, 0.25) is 0 Å². The molecule has 2 atom stereocenters. The number of rotatable bonds is 4. The second-order valence-corrected chi connectivity index (χ2v) is 7.48. The number of nitrogens with one attached hydrogen (secondary N) is 2. The predicted octanol–water partition coefficient (Wildman–Crippen LogP) is 0.447. The minimum absolute atomic E-state index is 0.209. The monoisotopic (exact) mass is 273 g/mol. The Morgan fingerprint density at radius 1 is 1.11 bits per heavy atom. The second-order valence-electron chi connectivity index (χ2n) is 5.82. The van der Waals surface area contributed by atoms with Crippen molar-refractivity contribution in [3.05, 3.63) is 0 Å². The van der Waals surface area contributed by atoms with Gasteiger partial charge in [-0.15, -0.1) is 0 Å². The fraction of sp³-hybridized carbons (Fsp3) is 1.00. The van der Waals surface area contributed by atoms with E-state index in [-0.39, 0.29) is 12.1 Å². The molecule has 0 amide bonds. The molecule has 2 saturated heterocycles. The molecule has 5 nitrogen and oxygen atoms in total. The predicted molar refractivity (Wildman–Crippen MR) is 70.4 cm³/mol. The Labute approximate surface area is 109 Å². The largest absolute Gasteiger partial charge is 0.316 e. The highest BCUT2D eigenvalue weighted by Crippen LogP contribution is 2.31. The summed E-state index contributed by atoms with van der Waals surface area (Å²) in [6.45, 7) is 2.75. The molecule has 0 aromatic rings.